The minimum Gasteiger partial charge on any atom is -0.453 e. The first kappa shape index (κ1) is 40.7. The average molecular weight is 883 g/mol. The second-order valence-electron chi connectivity index (χ2n) is 19.2. The van der Waals surface area contributed by atoms with Crippen molar-refractivity contribution in [2.75, 3.05) is 9.80 Å². The van der Waals surface area contributed by atoms with Crippen LogP contribution in [0.15, 0.2) is 192 Å². The lowest BCUT2D eigenvalue weighted by atomic mass is 9.89. The van der Waals surface area contributed by atoms with Gasteiger partial charge >= 0.3 is 0 Å². The molecule has 0 atom stereocenters. The Kier molecular flexibility index (Phi) is 9.96. The molecule has 332 valence electrons. The summed E-state index contributed by atoms with van der Waals surface area (Å²) in [6.07, 6.45) is 17.7. The van der Waals surface area contributed by atoms with E-state index in [-0.39, 0.29) is 0 Å². The van der Waals surface area contributed by atoms with Crippen LogP contribution >= 0.6 is 0 Å². The van der Waals surface area contributed by atoms with Gasteiger partial charge < -0.3 is 18.6 Å². The van der Waals surface area contributed by atoms with E-state index in [1.165, 1.54) is 87.8 Å². The standard InChI is InChI=1S/C64H54N2O2/c1-3-18-41(4-2)47-25-14-27-49-51-29-16-31-57(63(51)67-61(47)49)65(45-21-10-6-11-22-45)55-39-35-43-34-38-54-56(40-36-44-33-37-53(55)59(43)60(44)54)66(46-23-12-7-13-24-46)58-32-17-30-52-50-28-15-26-48(62(50)68-64(52)58)42-19-8-5-9-20-42/h3-5,8-9,14-20,25-40,45-46H,1-2,6-7,10-13,21-24H2/b41-18+. The van der Waals surface area contributed by atoms with Gasteiger partial charge in [-0.1, -0.05) is 197 Å². The second-order valence-corrected chi connectivity index (χ2v) is 19.2. The fraction of sp³-hybridized carbons (Fsp3) is 0.188. The van der Waals surface area contributed by atoms with Crippen LogP contribution < -0.4 is 9.80 Å². The van der Waals surface area contributed by atoms with Gasteiger partial charge in [-0.2, -0.15) is 0 Å². The summed E-state index contributed by atoms with van der Waals surface area (Å²) in [5.74, 6) is 0. The SMILES string of the molecule is C=C/C=C(\C=C)c1cccc2c1oc1c(N(c3ccc4ccc5c(N(c6cccc7c6oc6c(-c8ccccc8)cccc67)C6CCCCC6)ccc6ccc3c4c65)C3CCCCC3)cccc12. The molecule has 0 aliphatic heterocycles. The van der Waals surface area contributed by atoms with Crippen molar-refractivity contribution in [3.8, 4) is 11.1 Å². The molecule has 13 rings (SSSR count). The highest BCUT2D eigenvalue weighted by atomic mass is 16.3. The Morgan fingerprint density at radius 2 is 0.912 bits per heavy atom. The van der Waals surface area contributed by atoms with Crippen LogP contribution in [0.1, 0.15) is 69.8 Å². The van der Waals surface area contributed by atoms with Gasteiger partial charge in [0.1, 0.15) is 11.2 Å². The van der Waals surface area contributed by atoms with Crippen molar-refractivity contribution in [3.63, 3.8) is 0 Å². The van der Waals surface area contributed by atoms with Crippen LogP contribution in [0.3, 0.4) is 0 Å². The van der Waals surface area contributed by atoms with Gasteiger partial charge in [-0.15, -0.1) is 0 Å². The summed E-state index contributed by atoms with van der Waals surface area (Å²) >= 11 is 0. The third kappa shape index (κ3) is 6.41. The Bertz CT molecular complexity index is 3760. The van der Waals surface area contributed by atoms with Crippen molar-refractivity contribution < 1.29 is 8.83 Å². The van der Waals surface area contributed by atoms with E-state index in [4.69, 9.17) is 8.83 Å². The highest BCUT2D eigenvalue weighted by Gasteiger charge is 2.31. The second kappa shape index (κ2) is 16.6. The number of fused-ring (bicyclic) bond motifs is 6. The number of para-hydroxylation sites is 4. The lowest BCUT2D eigenvalue weighted by Crippen LogP contribution is -2.33. The van der Waals surface area contributed by atoms with E-state index in [0.717, 1.165) is 97.6 Å². The molecular formula is C64H54N2O2. The number of allylic oxidation sites excluding steroid dienone is 4. The maximum Gasteiger partial charge on any atom is 0.159 e. The molecule has 9 aromatic carbocycles. The molecule has 4 nitrogen and oxygen atoms in total. The molecule has 2 saturated carbocycles. The summed E-state index contributed by atoms with van der Waals surface area (Å²) in [5, 5.41) is 12.3. The largest absolute Gasteiger partial charge is 0.453 e. The van der Waals surface area contributed by atoms with Gasteiger partial charge in [0.25, 0.3) is 0 Å². The number of hydrogen-bond acceptors (Lipinski definition) is 4. The highest BCUT2D eigenvalue weighted by molar-refractivity contribution is 6.28. The van der Waals surface area contributed by atoms with Crippen molar-refractivity contribution in [2.24, 2.45) is 0 Å². The topological polar surface area (TPSA) is 32.8 Å². The summed E-state index contributed by atoms with van der Waals surface area (Å²) in [4.78, 5) is 5.33. The Morgan fingerprint density at radius 1 is 0.426 bits per heavy atom. The zero-order valence-electron chi connectivity index (χ0n) is 38.5. The molecule has 2 heterocycles. The molecule has 2 aliphatic carbocycles. The number of anilines is 4. The first-order valence-electron chi connectivity index (χ1n) is 24.9. The van der Waals surface area contributed by atoms with Gasteiger partial charge in [-0.25, -0.2) is 0 Å². The predicted molar refractivity (Wildman–Crippen MR) is 289 cm³/mol. The number of rotatable bonds is 10. The first-order valence-corrected chi connectivity index (χ1v) is 24.9. The van der Waals surface area contributed by atoms with Crippen molar-refractivity contribution in [1.29, 1.82) is 0 Å². The molecule has 0 radical (unpaired) electrons. The molecule has 0 N–H and O–H groups in total. The molecule has 0 bridgehead atoms. The fourth-order valence-corrected chi connectivity index (χ4v) is 12.4. The van der Waals surface area contributed by atoms with Crippen LogP contribution in [-0.4, -0.2) is 12.1 Å². The molecule has 0 unspecified atom stereocenters. The molecule has 0 saturated heterocycles. The predicted octanol–water partition coefficient (Wildman–Crippen LogP) is 18.7. The third-order valence-corrected chi connectivity index (χ3v) is 15.5. The smallest absolute Gasteiger partial charge is 0.159 e. The molecule has 11 aromatic rings. The van der Waals surface area contributed by atoms with Crippen LogP contribution in [0.2, 0.25) is 0 Å². The fourth-order valence-electron chi connectivity index (χ4n) is 12.4. The summed E-state index contributed by atoms with van der Waals surface area (Å²) in [5.41, 5.74) is 12.8. The van der Waals surface area contributed by atoms with Crippen LogP contribution in [-0.2, 0) is 0 Å². The Morgan fingerprint density at radius 3 is 1.46 bits per heavy atom. The lowest BCUT2D eigenvalue weighted by Gasteiger charge is -2.38. The maximum absolute atomic E-state index is 7.15. The molecule has 2 fully saturated rings. The molecule has 68 heavy (non-hydrogen) atoms. The molecular weight excluding hydrogens is 829 g/mol. The van der Waals surface area contributed by atoms with Gasteiger partial charge in [-0.05, 0) is 82.6 Å². The Balaban J connectivity index is 1.02. The Labute approximate surface area is 397 Å². The van der Waals surface area contributed by atoms with Crippen molar-refractivity contribution in [1.82, 2.24) is 0 Å². The lowest BCUT2D eigenvalue weighted by molar-refractivity contribution is 0.436. The summed E-state index contributed by atoms with van der Waals surface area (Å²) in [6.45, 7) is 8.13. The number of furan rings is 2. The van der Waals surface area contributed by atoms with Crippen LogP contribution in [0.4, 0.5) is 22.7 Å². The minimum absolute atomic E-state index is 0.328. The van der Waals surface area contributed by atoms with Gasteiger partial charge in [0.05, 0.1) is 11.4 Å². The van der Waals surface area contributed by atoms with Gasteiger partial charge in [0, 0.05) is 66.9 Å². The molecule has 2 aliphatic rings. The van der Waals surface area contributed by atoms with E-state index in [0.29, 0.717) is 12.1 Å². The third-order valence-electron chi connectivity index (χ3n) is 15.5. The molecule has 0 amide bonds. The van der Waals surface area contributed by atoms with E-state index in [9.17, 15) is 0 Å². The summed E-state index contributed by atoms with van der Waals surface area (Å²) < 4.78 is 14.3. The highest BCUT2D eigenvalue weighted by Crippen LogP contribution is 2.50. The number of nitrogens with zero attached hydrogens (tertiary/aromatic N) is 2. The van der Waals surface area contributed by atoms with E-state index in [2.05, 4.69) is 175 Å². The monoisotopic (exact) mass is 882 g/mol. The van der Waals surface area contributed by atoms with E-state index >= 15 is 0 Å². The van der Waals surface area contributed by atoms with E-state index in [1.807, 2.05) is 18.2 Å². The van der Waals surface area contributed by atoms with E-state index in [1.54, 1.807) is 0 Å². The quantitative estimate of drug-likeness (QED) is 0.101. The summed E-state index contributed by atoms with van der Waals surface area (Å²) in [6, 6.07) is 56.9. The van der Waals surface area contributed by atoms with Gasteiger partial charge in [-0.3, -0.25) is 0 Å². The summed E-state index contributed by atoms with van der Waals surface area (Å²) in [7, 11) is 0. The maximum atomic E-state index is 7.15. The molecule has 4 heteroatoms. The van der Waals surface area contributed by atoms with E-state index < -0.39 is 0 Å². The number of benzene rings is 9. The van der Waals surface area contributed by atoms with Crippen molar-refractivity contribution in [3.05, 3.63) is 189 Å². The van der Waals surface area contributed by atoms with Crippen LogP contribution in [0, 0.1) is 0 Å². The zero-order valence-corrected chi connectivity index (χ0v) is 38.5. The zero-order chi connectivity index (χ0) is 45.3. The van der Waals surface area contributed by atoms with Gasteiger partial charge in [0.2, 0.25) is 0 Å². The number of hydrogen-bond donors (Lipinski definition) is 0. The molecule has 2 aromatic heterocycles. The van der Waals surface area contributed by atoms with Gasteiger partial charge in [0.15, 0.2) is 11.2 Å². The molecule has 0 spiro atoms. The average Bonchev–Trinajstić information content (AvgIpc) is 3.99. The first-order chi connectivity index (χ1) is 33.7. The minimum atomic E-state index is 0.328. The van der Waals surface area contributed by atoms with Crippen molar-refractivity contribution in [2.45, 2.75) is 76.3 Å². The normalized spacial score (nSPS) is 15.4. The van der Waals surface area contributed by atoms with Crippen molar-refractivity contribution >= 4 is 105 Å². The van der Waals surface area contributed by atoms with Crippen LogP contribution in [0.25, 0.3) is 92.9 Å². The van der Waals surface area contributed by atoms with Crippen LogP contribution in [0.5, 0.6) is 0 Å². The Hall–Kier alpha value is -7.56.